The van der Waals surface area contributed by atoms with Crippen LogP contribution in [0.4, 0.5) is 4.79 Å². The summed E-state index contributed by atoms with van der Waals surface area (Å²) in [4.78, 5) is 24.4. The summed E-state index contributed by atoms with van der Waals surface area (Å²) < 4.78 is 5.48. The molecule has 0 unspecified atom stereocenters. The molecule has 1 aromatic rings. The first kappa shape index (κ1) is 18.9. The number of hydrogen-bond donors (Lipinski definition) is 0. The third-order valence-corrected chi connectivity index (χ3v) is 4.04. The molecule has 2 rings (SSSR count). The first-order chi connectivity index (χ1) is 11.2. The number of halogens is 1. The maximum atomic E-state index is 12.2. The van der Waals surface area contributed by atoms with E-state index < -0.39 is 5.60 Å². The molecule has 0 spiro atoms. The van der Waals surface area contributed by atoms with Gasteiger partial charge >= 0.3 is 6.09 Å². The molecule has 0 aliphatic carbocycles. The van der Waals surface area contributed by atoms with Crippen molar-refractivity contribution in [3.05, 3.63) is 23.2 Å². The minimum atomic E-state index is -0.451. The highest BCUT2D eigenvalue weighted by Gasteiger charge is 2.28. The smallest absolute Gasteiger partial charge is 0.410 e. The Morgan fingerprint density at radius 1 is 1.50 bits per heavy atom. The van der Waals surface area contributed by atoms with E-state index in [0.29, 0.717) is 12.5 Å². The number of carbonyl (C=O) groups is 1. The van der Waals surface area contributed by atoms with Crippen LogP contribution in [0.25, 0.3) is 0 Å². The van der Waals surface area contributed by atoms with Crippen LogP contribution in [0.15, 0.2) is 12.3 Å². The summed E-state index contributed by atoms with van der Waals surface area (Å²) in [6.07, 6.45) is 3.59. The van der Waals surface area contributed by atoms with Gasteiger partial charge in [0.2, 0.25) is 5.28 Å². The van der Waals surface area contributed by atoms with Crippen molar-refractivity contribution in [1.82, 2.24) is 19.8 Å². The van der Waals surface area contributed by atoms with Crippen LogP contribution in [0, 0.1) is 5.92 Å². The number of likely N-dealkylation sites (tertiary alicyclic amines) is 1. The Morgan fingerprint density at radius 3 is 2.92 bits per heavy atom. The second-order valence-corrected chi connectivity index (χ2v) is 7.79. The maximum absolute atomic E-state index is 12.2. The fourth-order valence-corrected chi connectivity index (χ4v) is 3.11. The number of carbonyl (C=O) groups excluding carboxylic acids is 1. The Hall–Kier alpha value is -1.40. The van der Waals surface area contributed by atoms with Gasteiger partial charge in [0.25, 0.3) is 0 Å². The van der Waals surface area contributed by atoms with Crippen LogP contribution in [-0.4, -0.2) is 58.1 Å². The number of hydrogen-bond acceptors (Lipinski definition) is 5. The maximum Gasteiger partial charge on any atom is 0.410 e. The molecule has 134 valence electrons. The Balaban J connectivity index is 1.84. The minimum absolute atomic E-state index is 0.211. The van der Waals surface area contributed by atoms with Crippen LogP contribution in [0.5, 0.6) is 0 Å². The van der Waals surface area contributed by atoms with Gasteiger partial charge in [-0.15, -0.1) is 0 Å². The molecule has 0 N–H and O–H groups in total. The van der Waals surface area contributed by atoms with Crippen molar-refractivity contribution in [3.8, 4) is 0 Å². The summed E-state index contributed by atoms with van der Waals surface area (Å²) in [7, 11) is 2.06. The van der Waals surface area contributed by atoms with Gasteiger partial charge in [0.05, 0.1) is 5.69 Å². The molecule has 0 radical (unpaired) electrons. The van der Waals surface area contributed by atoms with Gasteiger partial charge in [-0.2, -0.15) is 0 Å². The van der Waals surface area contributed by atoms with E-state index in [1.165, 1.54) is 0 Å². The lowest BCUT2D eigenvalue weighted by molar-refractivity contribution is 0.0147. The molecule has 2 heterocycles. The molecular formula is C17H27ClN4O2. The normalized spacial score (nSPS) is 18.8. The average molecular weight is 355 g/mol. The summed E-state index contributed by atoms with van der Waals surface area (Å²) in [6.45, 7) is 8.82. The molecule has 0 saturated carbocycles. The van der Waals surface area contributed by atoms with Crippen LogP contribution >= 0.6 is 11.6 Å². The highest BCUT2D eigenvalue weighted by molar-refractivity contribution is 6.28. The van der Waals surface area contributed by atoms with Gasteiger partial charge in [-0.05, 0) is 64.2 Å². The molecule has 1 atom stereocenters. The van der Waals surface area contributed by atoms with Crippen molar-refractivity contribution in [2.75, 3.05) is 26.7 Å². The molecule has 1 amide bonds. The third-order valence-electron chi connectivity index (χ3n) is 3.86. The Bertz CT molecular complexity index is 562. The lowest BCUT2D eigenvalue weighted by Crippen LogP contribution is -2.45. The van der Waals surface area contributed by atoms with E-state index in [1.54, 1.807) is 6.20 Å². The first-order valence-electron chi connectivity index (χ1n) is 8.37. The molecule has 1 aromatic heterocycles. The van der Waals surface area contributed by atoms with E-state index in [9.17, 15) is 4.79 Å². The lowest BCUT2D eigenvalue weighted by atomic mass is 9.98. The van der Waals surface area contributed by atoms with Gasteiger partial charge < -0.3 is 14.5 Å². The molecule has 1 aliphatic rings. The van der Waals surface area contributed by atoms with Crippen LogP contribution in [0.1, 0.15) is 39.3 Å². The van der Waals surface area contributed by atoms with Gasteiger partial charge in [0, 0.05) is 32.4 Å². The first-order valence-corrected chi connectivity index (χ1v) is 8.74. The van der Waals surface area contributed by atoms with Gasteiger partial charge in [-0.1, -0.05) is 0 Å². The Morgan fingerprint density at radius 2 is 2.25 bits per heavy atom. The van der Waals surface area contributed by atoms with Crippen LogP contribution in [-0.2, 0) is 11.3 Å². The second kappa shape index (κ2) is 8.12. The molecule has 1 fully saturated rings. The molecular weight excluding hydrogens is 328 g/mol. The zero-order chi connectivity index (χ0) is 17.7. The SMILES string of the molecule is CN(Cc1ccnc(Cl)n1)C[C@@H]1CCCN(C(=O)OC(C)(C)C)C1. The average Bonchev–Trinajstić information content (AvgIpc) is 2.45. The summed E-state index contributed by atoms with van der Waals surface area (Å²) in [5, 5.41) is 0.273. The molecule has 24 heavy (non-hydrogen) atoms. The van der Waals surface area contributed by atoms with Crippen molar-refractivity contribution in [1.29, 1.82) is 0 Å². The van der Waals surface area contributed by atoms with E-state index in [1.807, 2.05) is 31.7 Å². The van der Waals surface area contributed by atoms with Crippen molar-refractivity contribution in [2.24, 2.45) is 5.92 Å². The summed E-state index contributed by atoms with van der Waals surface area (Å²) >= 11 is 5.83. The van der Waals surface area contributed by atoms with Crippen molar-refractivity contribution in [3.63, 3.8) is 0 Å². The van der Waals surface area contributed by atoms with Gasteiger partial charge in [0.1, 0.15) is 5.60 Å². The van der Waals surface area contributed by atoms with E-state index in [2.05, 4.69) is 21.9 Å². The van der Waals surface area contributed by atoms with Gasteiger partial charge in [-0.3, -0.25) is 0 Å². The third kappa shape index (κ3) is 6.24. The molecule has 0 aromatic carbocycles. The van der Waals surface area contributed by atoms with Crippen LogP contribution < -0.4 is 0 Å². The fraction of sp³-hybridized carbons (Fsp3) is 0.706. The van der Waals surface area contributed by atoms with Crippen LogP contribution in [0.3, 0.4) is 0 Å². The van der Waals surface area contributed by atoms with E-state index in [4.69, 9.17) is 16.3 Å². The zero-order valence-corrected chi connectivity index (χ0v) is 15.7. The quantitative estimate of drug-likeness (QED) is 0.777. The minimum Gasteiger partial charge on any atom is -0.444 e. The predicted octanol–water partition coefficient (Wildman–Crippen LogP) is 3.21. The summed E-state index contributed by atoms with van der Waals surface area (Å²) in [5.74, 6) is 0.438. The van der Waals surface area contributed by atoms with E-state index in [-0.39, 0.29) is 11.4 Å². The molecule has 1 aliphatic heterocycles. The number of piperidine rings is 1. The monoisotopic (exact) mass is 354 g/mol. The predicted molar refractivity (Wildman–Crippen MR) is 93.9 cm³/mol. The van der Waals surface area contributed by atoms with Crippen molar-refractivity contribution in [2.45, 2.75) is 45.8 Å². The number of nitrogens with zero attached hydrogens (tertiary/aromatic N) is 4. The molecule has 6 nitrogen and oxygen atoms in total. The fourth-order valence-electron chi connectivity index (χ4n) is 2.95. The molecule has 0 bridgehead atoms. The van der Waals surface area contributed by atoms with E-state index >= 15 is 0 Å². The number of rotatable bonds is 4. The summed E-state index contributed by atoms with van der Waals surface area (Å²) in [5.41, 5.74) is 0.449. The standard InChI is InChI=1S/C17H27ClN4O2/c1-17(2,3)24-16(23)22-9-5-6-13(11-22)10-21(4)12-14-7-8-19-15(18)20-14/h7-8,13H,5-6,9-12H2,1-4H3/t13-/m0/s1. The highest BCUT2D eigenvalue weighted by atomic mass is 35.5. The number of aromatic nitrogens is 2. The number of ether oxygens (including phenoxy) is 1. The Kier molecular flexibility index (Phi) is 6.40. The highest BCUT2D eigenvalue weighted by Crippen LogP contribution is 2.20. The zero-order valence-electron chi connectivity index (χ0n) is 15.0. The summed E-state index contributed by atoms with van der Waals surface area (Å²) in [6, 6.07) is 1.87. The van der Waals surface area contributed by atoms with Gasteiger partial charge in [-0.25, -0.2) is 14.8 Å². The Labute approximate surface area is 149 Å². The molecule has 1 saturated heterocycles. The van der Waals surface area contributed by atoms with Gasteiger partial charge in [0.15, 0.2) is 0 Å². The van der Waals surface area contributed by atoms with Crippen molar-refractivity contribution < 1.29 is 9.53 Å². The van der Waals surface area contributed by atoms with E-state index in [0.717, 1.165) is 38.2 Å². The topological polar surface area (TPSA) is 58.6 Å². The lowest BCUT2D eigenvalue weighted by Gasteiger charge is -2.35. The van der Waals surface area contributed by atoms with Crippen molar-refractivity contribution >= 4 is 17.7 Å². The van der Waals surface area contributed by atoms with Crippen LogP contribution in [0.2, 0.25) is 5.28 Å². The second-order valence-electron chi connectivity index (χ2n) is 7.45. The largest absolute Gasteiger partial charge is 0.444 e. The molecule has 7 heteroatoms. The number of amides is 1.